The fraction of sp³-hybridized carbons (Fsp3) is 0.259. The number of aldehydes is 1. The van der Waals surface area contributed by atoms with Gasteiger partial charge in [-0.15, -0.1) is 6.58 Å². The summed E-state index contributed by atoms with van der Waals surface area (Å²) in [6.07, 6.45) is 6.70. The van der Waals surface area contributed by atoms with Crippen molar-refractivity contribution in [1.29, 1.82) is 0 Å². The van der Waals surface area contributed by atoms with Crippen LogP contribution in [0.3, 0.4) is 0 Å². The first-order valence-corrected chi connectivity index (χ1v) is 11.1. The van der Waals surface area contributed by atoms with Gasteiger partial charge in [-0.3, -0.25) is 9.78 Å². The van der Waals surface area contributed by atoms with Gasteiger partial charge in [-0.25, -0.2) is 0 Å². The third kappa shape index (κ3) is 8.62. The van der Waals surface area contributed by atoms with Crippen LogP contribution in [0, 0.1) is 12.8 Å². The van der Waals surface area contributed by atoms with Gasteiger partial charge in [-0.05, 0) is 67.3 Å². The minimum Gasteiger partial charge on any atom is -0.489 e. The van der Waals surface area contributed by atoms with Gasteiger partial charge in [0.2, 0.25) is 0 Å². The van der Waals surface area contributed by atoms with Crippen LogP contribution in [0.4, 0.5) is 0 Å². The number of aromatic nitrogens is 1. The molecule has 0 saturated heterocycles. The van der Waals surface area contributed by atoms with Gasteiger partial charge in [-0.1, -0.05) is 37.2 Å². The highest BCUT2D eigenvalue weighted by molar-refractivity contribution is 6.25. The molecule has 6 heteroatoms. The average molecular weight is 468 g/mol. The zero-order valence-electron chi connectivity index (χ0n) is 19.1. The minimum atomic E-state index is -0.0714. The van der Waals surface area contributed by atoms with Crippen molar-refractivity contribution in [2.75, 3.05) is 13.2 Å². The monoisotopic (exact) mass is 467 g/mol. The van der Waals surface area contributed by atoms with Crippen LogP contribution in [-0.2, 0) is 22.6 Å². The molecule has 0 radical (unpaired) electrons. The molecule has 0 unspecified atom stereocenters. The van der Waals surface area contributed by atoms with E-state index in [9.17, 15) is 4.79 Å². The SMILES string of the molecule is C=C/C(OCC=O)=C(\C=C\Cl)COc1ccc(OCc2ccc(C[C@H](C)C=C)c(C)n2)cc1. The number of hydrogen-bond donors (Lipinski definition) is 0. The molecule has 2 rings (SSSR count). The molecule has 0 N–H and O–H groups in total. The van der Waals surface area contributed by atoms with Gasteiger partial charge in [0.25, 0.3) is 0 Å². The summed E-state index contributed by atoms with van der Waals surface area (Å²) in [7, 11) is 0. The predicted molar refractivity (Wildman–Crippen MR) is 133 cm³/mol. The van der Waals surface area contributed by atoms with E-state index in [0.717, 1.165) is 17.8 Å². The molecule has 1 atom stereocenters. The summed E-state index contributed by atoms with van der Waals surface area (Å²) in [5, 5.41) is 0. The quantitative estimate of drug-likeness (QED) is 0.145. The molecule has 0 aliphatic rings. The maximum Gasteiger partial charge on any atom is 0.157 e. The van der Waals surface area contributed by atoms with Gasteiger partial charge in [-0.2, -0.15) is 0 Å². The minimum absolute atomic E-state index is 0.0714. The number of rotatable bonds is 14. The highest BCUT2D eigenvalue weighted by atomic mass is 35.5. The third-order valence-electron chi connectivity index (χ3n) is 4.87. The Labute approximate surface area is 201 Å². The first kappa shape index (κ1) is 25.9. The van der Waals surface area contributed by atoms with E-state index in [4.69, 9.17) is 25.8 Å². The number of halogens is 1. The summed E-state index contributed by atoms with van der Waals surface area (Å²) in [6.45, 7) is 12.2. The smallest absolute Gasteiger partial charge is 0.157 e. The zero-order chi connectivity index (χ0) is 24.1. The number of nitrogens with zero attached hydrogens (tertiary/aromatic N) is 1. The Morgan fingerprint density at radius 1 is 1.12 bits per heavy atom. The van der Waals surface area contributed by atoms with Crippen molar-refractivity contribution >= 4 is 17.9 Å². The lowest BCUT2D eigenvalue weighted by Gasteiger charge is -2.12. The van der Waals surface area contributed by atoms with Crippen molar-refractivity contribution in [3.63, 3.8) is 0 Å². The average Bonchev–Trinajstić information content (AvgIpc) is 2.83. The molecule has 1 aromatic heterocycles. The number of allylic oxidation sites excluding steroid dienone is 2. The van der Waals surface area contributed by atoms with Crippen LogP contribution in [0.2, 0.25) is 0 Å². The lowest BCUT2D eigenvalue weighted by Crippen LogP contribution is -2.05. The molecule has 0 aliphatic carbocycles. The van der Waals surface area contributed by atoms with E-state index in [1.807, 2.05) is 43.3 Å². The van der Waals surface area contributed by atoms with Crippen molar-refractivity contribution in [3.8, 4) is 11.5 Å². The van der Waals surface area contributed by atoms with E-state index < -0.39 is 0 Å². The molecule has 1 heterocycles. The summed E-state index contributed by atoms with van der Waals surface area (Å²) in [5.74, 6) is 2.21. The molecular weight excluding hydrogens is 438 g/mol. The van der Waals surface area contributed by atoms with Gasteiger partial charge in [0.05, 0.1) is 5.69 Å². The zero-order valence-corrected chi connectivity index (χ0v) is 19.9. The van der Waals surface area contributed by atoms with Crippen LogP contribution in [0.15, 0.2) is 84.7 Å². The van der Waals surface area contributed by atoms with Crippen molar-refractivity contribution < 1.29 is 19.0 Å². The van der Waals surface area contributed by atoms with E-state index in [0.29, 0.717) is 41.6 Å². The first-order valence-electron chi connectivity index (χ1n) is 10.6. The van der Waals surface area contributed by atoms with Crippen molar-refractivity contribution in [2.45, 2.75) is 26.9 Å². The predicted octanol–water partition coefficient (Wildman–Crippen LogP) is 6.12. The number of carbonyl (C=O) groups excluding carboxylic acids is 1. The Balaban J connectivity index is 1.95. The fourth-order valence-electron chi connectivity index (χ4n) is 3.00. The molecular formula is C27H30ClNO4. The molecule has 0 saturated carbocycles. The second-order valence-corrected chi connectivity index (χ2v) is 7.63. The lowest BCUT2D eigenvalue weighted by molar-refractivity contribution is -0.110. The number of pyridine rings is 1. The van der Waals surface area contributed by atoms with E-state index in [1.54, 1.807) is 6.08 Å². The van der Waals surface area contributed by atoms with Crippen LogP contribution in [0.25, 0.3) is 0 Å². The Bertz CT molecular complexity index is 996. The Morgan fingerprint density at radius 2 is 1.82 bits per heavy atom. The maximum absolute atomic E-state index is 10.6. The summed E-state index contributed by atoms with van der Waals surface area (Å²) < 4.78 is 17.0. The van der Waals surface area contributed by atoms with E-state index in [1.165, 1.54) is 17.2 Å². The normalized spacial score (nSPS) is 12.6. The molecule has 5 nitrogen and oxygen atoms in total. The van der Waals surface area contributed by atoms with Crippen molar-refractivity contribution in [3.05, 3.63) is 102 Å². The summed E-state index contributed by atoms with van der Waals surface area (Å²) >= 11 is 5.71. The Morgan fingerprint density at radius 3 is 2.39 bits per heavy atom. The number of hydrogen-bond acceptors (Lipinski definition) is 5. The topological polar surface area (TPSA) is 57.7 Å². The summed E-state index contributed by atoms with van der Waals surface area (Å²) in [4.78, 5) is 15.2. The van der Waals surface area contributed by atoms with Gasteiger partial charge in [0.1, 0.15) is 37.1 Å². The molecule has 0 amide bonds. The number of aryl methyl sites for hydroxylation is 1. The molecule has 33 heavy (non-hydrogen) atoms. The van der Waals surface area contributed by atoms with Gasteiger partial charge in [0.15, 0.2) is 6.29 Å². The number of benzene rings is 1. The fourth-order valence-corrected chi connectivity index (χ4v) is 3.15. The van der Waals surface area contributed by atoms with E-state index >= 15 is 0 Å². The van der Waals surface area contributed by atoms with E-state index in [2.05, 4.69) is 31.1 Å². The van der Waals surface area contributed by atoms with Crippen LogP contribution in [0.1, 0.15) is 23.9 Å². The van der Waals surface area contributed by atoms with Crippen LogP contribution in [-0.4, -0.2) is 24.5 Å². The molecule has 174 valence electrons. The number of ether oxygens (including phenoxy) is 3. The summed E-state index contributed by atoms with van der Waals surface area (Å²) in [5.41, 5.74) is 5.12. The maximum atomic E-state index is 10.6. The lowest BCUT2D eigenvalue weighted by atomic mass is 10.00. The van der Waals surface area contributed by atoms with Gasteiger partial charge < -0.3 is 14.2 Å². The molecule has 0 spiro atoms. The molecule has 0 fully saturated rings. The summed E-state index contributed by atoms with van der Waals surface area (Å²) in [6, 6.07) is 11.4. The largest absolute Gasteiger partial charge is 0.489 e. The van der Waals surface area contributed by atoms with Crippen LogP contribution < -0.4 is 9.47 Å². The second kappa shape index (κ2) is 14.0. The molecule has 2 aromatic rings. The van der Waals surface area contributed by atoms with Crippen molar-refractivity contribution in [2.24, 2.45) is 5.92 Å². The van der Waals surface area contributed by atoms with E-state index in [-0.39, 0.29) is 13.2 Å². The third-order valence-corrected chi connectivity index (χ3v) is 5.00. The highest BCUT2D eigenvalue weighted by Crippen LogP contribution is 2.21. The standard InChI is InChI=1S/C27H30ClNO4/c1-5-20(3)17-22-7-8-24(29-21(22)4)19-33-26-11-9-25(10-12-26)32-18-23(13-14-28)27(6-2)31-16-15-30/h5-15,20H,1-2,16-19H2,3-4H3/b14-13+,27-23-/t20-/m1/s1. The molecule has 1 aromatic carbocycles. The van der Waals surface area contributed by atoms with Gasteiger partial charge in [0, 0.05) is 16.8 Å². The van der Waals surface area contributed by atoms with Crippen molar-refractivity contribution in [1.82, 2.24) is 4.98 Å². The first-order chi connectivity index (χ1) is 16.0. The Hall–Kier alpha value is -3.31. The molecule has 0 bridgehead atoms. The highest BCUT2D eigenvalue weighted by Gasteiger charge is 2.07. The van der Waals surface area contributed by atoms with Crippen LogP contribution >= 0.6 is 11.6 Å². The molecule has 0 aliphatic heterocycles. The Kier molecular flexibility index (Phi) is 11.0. The second-order valence-electron chi connectivity index (χ2n) is 7.38. The van der Waals surface area contributed by atoms with Gasteiger partial charge >= 0.3 is 0 Å². The number of carbonyl (C=O) groups is 1. The van der Waals surface area contributed by atoms with Crippen LogP contribution in [0.5, 0.6) is 11.5 Å².